The lowest BCUT2D eigenvalue weighted by molar-refractivity contribution is 0.454. The molecule has 320 valence electrons. The van der Waals surface area contributed by atoms with E-state index >= 15 is 0 Å². The van der Waals surface area contributed by atoms with Crippen molar-refractivity contribution in [2.75, 3.05) is 0 Å². The maximum absolute atomic E-state index is 12.0. The van der Waals surface area contributed by atoms with Crippen molar-refractivity contribution in [1.82, 2.24) is 0 Å². The second kappa shape index (κ2) is 17.6. The molecule has 61 heavy (non-hydrogen) atoms. The van der Waals surface area contributed by atoms with Gasteiger partial charge in [-0.3, -0.25) is 0 Å². The molecule has 0 aliphatic rings. The molecule has 0 aliphatic carbocycles. The molecule has 0 heterocycles. The summed E-state index contributed by atoms with van der Waals surface area (Å²) in [4.78, 5) is 0. The Bertz CT molecular complexity index is 2700. The molecule has 0 bridgehead atoms. The predicted octanol–water partition coefficient (Wildman–Crippen LogP) is 12.1. The van der Waals surface area contributed by atoms with Gasteiger partial charge in [-0.1, -0.05) is 73.5 Å². The third kappa shape index (κ3) is 8.68. The van der Waals surface area contributed by atoms with Crippen LogP contribution < -0.4 is 0 Å². The van der Waals surface area contributed by atoms with Crippen molar-refractivity contribution in [2.24, 2.45) is 0 Å². The van der Waals surface area contributed by atoms with Gasteiger partial charge in [-0.05, 0) is 189 Å². The first kappa shape index (κ1) is 44.7. The third-order valence-electron chi connectivity index (χ3n) is 13.4. The van der Waals surface area contributed by atoms with Crippen molar-refractivity contribution >= 4 is 0 Å². The van der Waals surface area contributed by atoms with E-state index in [-0.39, 0.29) is 28.7 Å². The van der Waals surface area contributed by atoms with Crippen LogP contribution in [-0.4, -0.2) is 30.6 Å². The zero-order chi connectivity index (χ0) is 44.8. The van der Waals surface area contributed by atoms with Gasteiger partial charge in [0.2, 0.25) is 0 Å². The summed E-state index contributed by atoms with van der Waals surface area (Å²) in [7, 11) is 0. The Balaban J connectivity index is 1.34. The number of phenols is 6. The number of benzene rings is 6. The maximum Gasteiger partial charge on any atom is 0.122 e. The van der Waals surface area contributed by atoms with Crippen LogP contribution in [0.2, 0.25) is 0 Å². The lowest BCUT2D eigenvalue weighted by atomic mass is 9.85. The first-order valence-electron chi connectivity index (χ1n) is 21.6. The fourth-order valence-electron chi connectivity index (χ4n) is 9.53. The molecule has 0 saturated carbocycles. The summed E-state index contributed by atoms with van der Waals surface area (Å²) in [5.74, 6) is 1.45. The molecule has 0 aromatic heterocycles. The van der Waals surface area contributed by atoms with E-state index in [0.717, 1.165) is 118 Å². The van der Waals surface area contributed by atoms with Crippen LogP contribution >= 0.6 is 0 Å². The van der Waals surface area contributed by atoms with Crippen LogP contribution in [0.1, 0.15) is 136 Å². The summed E-state index contributed by atoms with van der Waals surface area (Å²) in [5, 5.41) is 68.2. The molecule has 0 unspecified atom stereocenters. The Kier molecular flexibility index (Phi) is 12.9. The summed E-state index contributed by atoms with van der Waals surface area (Å²) in [6.45, 7) is 23.9. The molecule has 6 aromatic carbocycles. The van der Waals surface area contributed by atoms with Crippen LogP contribution in [0, 0.1) is 69.2 Å². The van der Waals surface area contributed by atoms with E-state index in [1.54, 1.807) is 0 Å². The molecule has 0 atom stereocenters. The quantitative estimate of drug-likeness (QED) is 0.0731. The normalized spacial score (nSPS) is 11.5. The van der Waals surface area contributed by atoms with Crippen LogP contribution in [-0.2, 0) is 44.9 Å². The van der Waals surface area contributed by atoms with E-state index in [2.05, 4.69) is 19.9 Å². The SMILES string of the molecule is CCc1cc(C)cc(Cc2c(C)c(Cc3cc(C)c(O)c(Cc4cc(C)cc(Cc5c(C)c(Cc6cc(C)c(O)c(CC)c6C)cc(C)c5O)c4O)c3C)cc(C)c2O)c1O. The number of phenolic OH excluding ortho intramolecular Hbond substituents is 6. The number of aromatic hydroxyl groups is 6. The molecule has 0 aliphatic heterocycles. The van der Waals surface area contributed by atoms with Gasteiger partial charge in [-0.2, -0.15) is 0 Å². The van der Waals surface area contributed by atoms with E-state index in [1.807, 2.05) is 112 Å². The molecule has 6 N–H and O–H groups in total. The molecule has 6 aromatic rings. The van der Waals surface area contributed by atoms with Gasteiger partial charge in [0.1, 0.15) is 34.5 Å². The van der Waals surface area contributed by atoms with Gasteiger partial charge >= 0.3 is 0 Å². The standard InChI is InChI=1S/C55H64O6/c1-13-38-15-28(3)16-43(54(38)60)25-47-36(11)41(21-32(7)51(47)57)24-42-22-33(8)53(59)49(37(42)12)27-45-18-29(4)17-44(55(45)61)26-48-35(10)40(20-31(6)52(48)58)23-39-19-30(5)50(56)46(14-2)34(39)9/h15-22,56-61H,13-14,23-27H2,1-12H3. The average molecular weight is 821 g/mol. The fourth-order valence-corrected chi connectivity index (χ4v) is 9.53. The van der Waals surface area contributed by atoms with Gasteiger partial charge in [0.25, 0.3) is 0 Å². The Hall–Kier alpha value is -5.88. The van der Waals surface area contributed by atoms with Crippen LogP contribution in [0.4, 0.5) is 0 Å². The highest BCUT2D eigenvalue weighted by molar-refractivity contribution is 5.60. The lowest BCUT2D eigenvalue weighted by Gasteiger charge is -2.21. The number of hydrogen-bond donors (Lipinski definition) is 6. The third-order valence-corrected chi connectivity index (χ3v) is 13.4. The van der Waals surface area contributed by atoms with Crippen molar-refractivity contribution in [3.05, 3.63) is 171 Å². The summed E-state index contributed by atoms with van der Waals surface area (Å²) < 4.78 is 0. The molecule has 6 heteroatoms. The minimum Gasteiger partial charge on any atom is -0.507 e. The first-order chi connectivity index (χ1) is 28.7. The zero-order valence-electron chi connectivity index (χ0n) is 38.3. The van der Waals surface area contributed by atoms with Crippen LogP contribution in [0.5, 0.6) is 34.5 Å². The topological polar surface area (TPSA) is 121 Å². The van der Waals surface area contributed by atoms with Crippen molar-refractivity contribution < 1.29 is 30.6 Å². The van der Waals surface area contributed by atoms with E-state index in [0.29, 0.717) is 55.4 Å². The van der Waals surface area contributed by atoms with E-state index in [4.69, 9.17) is 0 Å². The largest absolute Gasteiger partial charge is 0.507 e. The van der Waals surface area contributed by atoms with Gasteiger partial charge in [0.15, 0.2) is 0 Å². The van der Waals surface area contributed by atoms with Crippen LogP contribution in [0.3, 0.4) is 0 Å². The van der Waals surface area contributed by atoms with Gasteiger partial charge < -0.3 is 30.6 Å². The molecular formula is C55H64O6. The summed E-state index contributed by atoms with van der Waals surface area (Å²) >= 11 is 0. The highest BCUT2D eigenvalue weighted by Crippen LogP contribution is 2.40. The molecule has 0 spiro atoms. The highest BCUT2D eigenvalue weighted by atomic mass is 16.3. The lowest BCUT2D eigenvalue weighted by Crippen LogP contribution is -2.06. The second-order valence-corrected chi connectivity index (χ2v) is 17.7. The van der Waals surface area contributed by atoms with Crippen LogP contribution in [0.25, 0.3) is 0 Å². The summed E-state index contributed by atoms with van der Waals surface area (Å²) in [5.41, 5.74) is 19.8. The zero-order valence-corrected chi connectivity index (χ0v) is 38.3. The van der Waals surface area contributed by atoms with Gasteiger partial charge in [-0.15, -0.1) is 0 Å². The predicted molar refractivity (Wildman–Crippen MR) is 249 cm³/mol. The minimum atomic E-state index is 0.146. The molecule has 6 rings (SSSR count). The smallest absolute Gasteiger partial charge is 0.122 e. The number of hydrogen-bond acceptors (Lipinski definition) is 6. The van der Waals surface area contributed by atoms with Crippen molar-refractivity contribution in [2.45, 2.75) is 128 Å². The van der Waals surface area contributed by atoms with Gasteiger partial charge in [0, 0.05) is 36.0 Å². The molecule has 0 fully saturated rings. The Morgan fingerprint density at radius 2 is 0.541 bits per heavy atom. The van der Waals surface area contributed by atoms with Crippen molar-refractivity contribution in [3.8, 4) is 34.5 Å². The molecule has 0 saturated heterocycles. The summed E-state index contributed by atoms with van der Waals surface area (Å²) in [6, 6.07) is 16.1. The number of rotatable bonds is 12. The Morgan fingerprint density at radius 3 is 0.836 bits per heavy atom. The molecular weight excluding hydrogens is 757 g/mol. The monoisotopic (exact) mass is 820 g/mol. The Morgan fingerprint density at radius 1 is 0.279 bits per heavy atom. The van der Waals surface area contributed by atoms with Crippen molar-refractivity contribution in [3.63, 3.8) is 0 Å². The minimum absolute atomic E-state index is 0.146. The van der Waals surface area contributed by atoms with Crippen LogP contribution in [0.15, 0.2) is 48.5 Å². The number of aryl methyl sites for hydroxylation is 7. The molecule has 0 radical (unpaired) electrons. The molecule has 6 nitrogen and oxygen atoms in total. The van der Waals surface area contributed by atoms with Crippen molar-refractivity contribution in [1.29, 1.82) is 0 Å². The fraction of sp³-hybridized carbons (Fsp3) is 0.345. The maximum atomic E-state index is 12.0. The van der Waals surface area contributed by atoms with E-state index < -0.39 is 0 Å². The van der Waals surface area contributed by atoms with Gasteiger partial charge in [-0.25, -0.2) is 0 Å². The van der Waals surface area contributed by atoms with E-state index in [9.17, 15) is 30.6 Å². The van der Waals surface area contributed by atoms with Gasteiger partial charge in [0.05, 0.1) is 0 Å². The summed E-state index contributed by atoms with van der Waals surface area (Å²) in [6.07, 6.45) is 3.71. The van der Waals surface area contributed by atoms with E-state index in [1.165, 1.54) is 0 Å². The first-order valence-corrected chi connectivity index (χ1v) is 21.6. The second-order valence-electron chi connectivity index (χ2n) is 17.7. The average Bonchev–Trinajstić information content (AvgIpc) is 3.21. The molecule has 0 amide bonds. The Labute approximate surface area is 362 Å². The highest BCUT2D eigenvalue weighted by Gasteiger charge is 2.23.